The molecule has 1 heterocycles. The number of esters is 5. The summed E-state index contributed by atoms with van der Waals surface area (Å²) in [6, 6.07) is 0. The highest BCUT2D eigenvalue weighted by Crippen LogP contribution is 2.38. The van der Waals surface area contributed by atoms with Gasteiger partial charge < -0.3 is 44.6 Å². The van der Waals surface area contributed by atoms with Crippen LogP contribution >= 0.6 is 0 Å². The highest BCUT2D eigenvalue weighted by molar-refractivity contribution is 5.79. The molecule has 0 aliphatic carbocycles. The predicted molar refractivity (Wildman–Crippen MR) is 115 cm³/mol. The van der Waals surface area contributed by atoms with Gasteiger partial charge in [0.15, 0.2) is 17.9 Å². The number of hydrogen-bond acceptors (Lipinski definition) is 14. The third-order valence-electron chi connectivity index (χ3n) is 4.82. The van der Waals surface area contributed by atoms with Crippen molar-refractivity contribution in [1.82, 2.24) is 5.32 Å². The summed E-state index contributed by atoms with van der Waals surface area (Å²) in [6.45, 7) is 5.70. The summed E-state index contributed by atoms with van der Waals surface area (Å²) in [5, 5.41) is 13.4. The lowest BCUT2D eigenvalue weighted by atomic mass is 9.83. The fourth-order valence-electron chi connectivity index (χ4n) is 3.60. The number of carbonyl (C=O) groups excluding carboxylic acids is 6. The molecule has 1 aliphatic heterocycles. The molecule has 6 atom stereocenters. The van der Waals surface area contributed by atoms with E-state index in [-0.39, 0.29) is 6.61 Å². The molecule has 0 aromatic rings. The van der Waals surface area contributed by atoms with Crippen LogP contribution in [0.4, 0.5) is 0 Å². The zero-order chi connectivity index (χ0) is 27.8. The Morgan fingerprint density at radius 2 is 1.56 bits per heavy atom. The van der Waals surface area contributed by atoms with Gasteiger partial charge >= 0.3 is 29.8 Å². The van der Waals surface area contributed by atoms with E-state index in [1.165, 1.54) is 6.92 Å². The molecule has 0 radical (unpaired) electrons. The van der Waals surface area contributed by atoms with E-state index in [0.29, 0.717) is 0 Å². The summed E-state index contributed by atoms with van der Waals surface area (Å²) in [5.41, 5.74) is 4.18. The number of aliphatic hydroxyl groups is 1. The molecule has 1 saturated heterocycles. The molecule has 0 bridgehead atoms. The maximum Gasteiger partial charge on any atom is 0.366 e. The standard InChI is InChI=1S/C21H32N2O13/c1-7-31-19(29)20(30)8-16(34-13(5)27)21(22,23-10(2)24)18(36-20)17(35-14(6)28)15(33-12(4)26)9-32-11(3)25/h15-18,30H,7-9,22H2,1-6H3,(H,23,24)/t15-,16+,17-,18+,20+,21+/m1/s1. The largest absolute Gasteiger partial charge is 0.462 e. The van der Waals surface area contributed by atoms with E-state index in [2.05, 4.69) is 5.32 Å². The summed E-state index contributed by atoms with van der Waals surface area (Å²) < 4.78 is 31.0. The molecule has 1 rings (SSSR count). The van der Waals surface area contributed by atoms with Crippen molar-refractivity contribution >= 4 is 35.8 Å². The first-order chi connectivity index (χ1) is 16.6. The molecule has 204 valence electrons. The van der Waals surface area contributed by atoms with Gasteiger partial charge in [0.25, 0.3) is 5.79 Å². The lowest BCUT2D eigenvalue weighted by Crippen LogP contribution is -2.80. The second-order valence-corrected chi connectivity index (χ2v) is 7.98. The summed E-state index contributed by atoms with van der Waals surface area (Å²) in [6.07, 6.45) is -7.82. The monoisotopic (exact) mass is 520 g/mol. The minimum Gasteiger partial charge on any atom is -0.462 e. The first-order valence-electron chi connectivity index (χ1n) is 10.9. The van der Waals surface area contributed by atoms with Gasteiger partial charge in [0, 0.05) is 34.6 Å². The van der Waals surface area contributed by atoms with Crippen LogP contribution < -0.4 is 11.1 Å². The average Bonchev–Trinajstić information content (AvgIpc) is 2.71. The number of hydrogen-bond donors (Lipinski definition) is 3. The Morgan fingerprint density at radius 3 is 2.00 bits per heavy atom. The zero-order valence-corrected chi connectivity index (χ0v) is 20.9. The molecule has 0 unspecified atom stereocenters. The molecule has 0 aromatic heterocycles. The Bertz CT molecular complexity index is 878. The van der Waals surface area contributed by atoms with Crippen molar-refractivity contribution in [2.45, 2.75) is 83.8 Å². The average molecular weight is 520 g/mol. The van der Waals surface area contributed by atoms with Crippen LogP contribution in [0.5, 0.6) is 0 Å². The van der Waals surface area contributed by atoms with Crippen molar-refractivity contribution in [3.8, 4) is 0 Å². The topological polar surface area (TPSA) is 216 Å². The van der Waals surface area contributed by atoms with E-state index in [1.54, 1.807) is 0 Å². The van der Waals surface area contributed by atoms with Gasteiger partial charge in [0.05, 0.1) is 13.0 Å². The number of rotatable bonds is 10. The van der Waals surface area contributed by atoms with Crippen molar-refractivity contribution in [2.24, 2.45) is 5.73 Å². The van der Waals surface area contributed by atoms with Crippen LogP contribution in [0.3, 0.4) is 0 Å². The van der Waals surface area contributed by atoms with E-state index >= 15 is 0 Å². The molecule has 1 fully saturated rings. The van der Waals surface area contributed by atoms with Crippen molar-refractivity contribution in [2.75, 3.05) is 13.2 Å². The van der Waals surface area contributed by atoms with Gasteiger partial charge in [-0.3, -0.25) is 24.0 Å². The van der Waals surface area contributed by atoms with Crippen LogP contribution in [-0.4, -0.2) is 89.9 Å². The number of nitrogens with one attached hydrogen (secondary N) is 1. The number of amides is 1. The lowest BCUT2D eigenvalue weighted by Gasteiger charge is -2.52. The van der Waals surface area contributed by atoms with E-state index in [0.717, 1.165) is 34.6 Å². The minimum absolute atomic E-state index is 0.178. The fraction of sp³-hybridized carbons (Fsp3) is 0.714. The van der Waals surface area contributed by atoms with E-state index in [4.69, 9.17) is 34.2 Å². The summed E-state index contributed by atoms with van der Waals surface area (Å²) in [4.78, 5) is 71.8. The van der Waals surface area contributed by atoms with Gasteiger partial charge in [0.2, 0.25) is 5.91 Å². The molecule has 36 heavy (non-hydrogen) atoms. The Balaban J connectivity index is 3.79. The van der Waals surface area contributed by atoms with Gasteiger partial charge in [-0.1, -0.05) is 0 Å². The maximum atomic E-state index is 12.6. The Kier molecular flexibility index (Phi) is 10.8. The van der Waals surface area contributed by atoms with Gasteiger partial charge in [0.1, 0.15) is 18.8 Å². The first kappa shape index (κ1) is 30.7. The predicted octanol–water partition coefficient (Wildman–Crippen LogP) is -1.82. The minimum atomic E-state index is -2.82. The Labute approximate surface area is 206 Å². The Hall–Kier alpha value is -3.30. The van der Waals surface area contributed by atoms with Crippen LogP contribution in [0.25, 0.3) is 0 Å². The van der Waals surface area contributed by atoms with Crippen molar-refractivity contribution < 1.29 is 62.3 Å². The first-order valence-corrected chi connectivity index (χ1v) is 10.9. The quantitative estimate of drug-likeness (QED) is 0.164. The van der Waals surface area contributed by atoms with Crippen molar-refractivity contribution in [1.29, 1.82) is 0 Å². The fourth-order valence-corrected chi connectivity index (χ4v) is 3.60. The molecule has 0 saturated carbocycles. The highest BCUT2D eigenvalue weighted by atomic mass is 16.7. The molecule has 15 heteroatoms. The molecule has 1 aliphatic rings. The number of carbonyl (C=O) groups is 6. The van der Waals surface area contributed by atoms with Crippen LogP contribution in [0.1, 0.15) is 48.0 Å². The number of nitrogens with two attached hydrogens (primary N) is 1. The van der Waals surface area contributed by atoms with Crippen LogP contribution in [0, 0.1) is 0 Å². The molecule has 4 N–H and O–H groups in total. The SMILES string of the molecule is CCOC(=O)[C@]1(O)C[C@H](OC(C)=O)[C@](N)(NC(C)=O)[C@H]([C@H](OC(C)=O)[C@@H](COC(C)=O)OC(C)=O)O1. The Morgan fingerprint density at radius 1 is 0.972 bits per heavy atom. The van der Waals surface area contributed by atoms with Gasteiger partial charge in [-0.25, -0.2) is 4.79 Å². The van der Waals surface area contributed by atoms with Crippen molar-refractivity contribution in [3.05, 3.63) is 0 Å². The lowest BCUT2D eigenvalue weighted by molar-refractivity contribution is -0.315. The molecular formula is C21H32N2O13. The van der Waals surface area contributed by atoms with Crippen molar-refractivity contribution in [3.63, 3.8) is 0 Å². The van der Waals surface area contributed by atoms with Crippen LogP contribution in [0.2, 0.25) is 0 Å². The third-order valence-corrected chi connectivity index (χ3v) is 4.82. The van der Waals surface area contributed by atoms with Gasteiger partial charge in [-0.15, -0.1) is 0 Å². The molecule has 1 amide bonds. The van der Waals surface area contributed by atoms with E-state index < -0.39 is 84.6 Å². The summed E-state index contributed by atoms with van der Waals surface area (Å²) in [7, 11) is 0. The van der Waals surface area contributed by atoms with Crippen LogP contribution in [-0.2, 0) is 57.2 Å². The normalized spacial score (nSPS) is 27.0. The molecular weight excluding hydrogens is 488 g/mol. The zero-order valence-electron chi connectivity index (χ0n) is 20.9. The molecule has 0 spiro atoms. The molecule has 0 aromatic carbocycles. The van der Waals surface area contributed by atoms with E-state index in [9.17, 15) is 33.9 Å². The maximum absolute atomic E-state index is 12.6. The highest BCUT2D eigenvalue weighted by Gasteiger charge is 2.64. The van der Waals surface area contributed by atoms with E-state index in [1.807, 2.05) is 0 Å². The molecule has 15 nitrogen and oxygen atoms in total. The summed E-state index contributed by atoms with van der Waals surface area (Å²) >= 11 is 0. The third kappa shape index (κ3) is 8.13. The van der Waals surface area contributed by atoms with Crippen LogP contribution in [0.15, 0.2) is 0 Å². The smallest absolute Gasteiger partial charge is 0.366 e. The number of ether oxygens (including phenoxy) is 6. The van der Waals surface area contributed by atoms with Gasteiger partial charge in [-0.2, -0.15) is 0 Å². The summed E-state index contributed by atoms with van der Waals surface area (Å²) in [5.74, 6) is -8.46. The van der Waals surface area contributed by atoms with Gasteiger partial charge in [-0.05, 0) is 6.92 Å². The second-order valence-electron chi connectivity index (χ2n) is 7.98. The second kappa shape index (κ2) is 12.6.